The maximum absolute atomic E-state index is 5.51. The molecule has 1 aromatic carbocycles. The third kappa shape index (κ3) is 3.74. The summed E-state index contributed by atoms with van der Waals surface area (Å²) < 4.78 is 10.7. The molecule has 2 aliphatic rings. The fraction of sp³-hybridized carbons (Fsp3) is 0.647. The van der Waals surface area contributed by atoms with E-state index in [2.05, 4.69) is 29.2 Å². The Hall–Kier alpha value is -1.06. The van der Waals surface area contributed by atoms with Gasteiger partial charge in [-0.25, -0.2) is 0 Å². The van der Waals surface area contributed by atoms with Gasteiger partial charge in [0.2, 0.25) is 0 Å². The molecule has 1 aliphatic heterocycles. The molecule has 1 aliphatic carbocycles. The lowest BCUT2D eigenvalue weighted by atomic mass is 10.1. The molecule has 0 amide bonds. The van der Waals surface area contributed by atoms with E-state index in [9.17, 15) is 0 Å². The average molecular weight is 275 g/mol. The van der Waals surface area contributed by atoms with Gasteiger partial charge in [-0.05, 0) is 49.3 Å². The summed E-state index contributed by atoms with van der Waals surface area (Å²) in [6, 6.07) is 9.32. The fourth-order valence-electron chi connectivity index (χ4n) is 2.99. The second-order valence-corrected chi connectivity index (χ2v) is 6.05. The minimum absolute atomic E-state index is 0.756. The van der Waals surface area contributed by atoms with Gasteiger partial charge in [0.1, 0.15) is 5.75 Å². The molecule has 0 radical (unpaired) electrons. The van der Waals surface area contributed by atoms with Gasteiger partial charge in [0, 0.05) is 25.7 Å². The van der Waals surface area contributed by atoms with Crippen molar-refractivity contribution in [1.82, 2.24) is 4.90 Å². The van der Waals surface area contributed by atoms with E-state index < -0.39 is 0 Å². The van der Waals surface area contributed by atoms with Crippen molar-refractivity contribution in [2.24, 2.45) is 5.92 Å². The van der Waals surface area contributed by atoms with Crippen LogP contribution in [0, 0.1) is 5.92 Å². The molecule has 1 saturated carbocycles. The molecular weight excluding hydrogens is 250 g/mol. The predicted octanol–water partition coefficient (Wildman–Crippen LogP) is 2.74. The predicted molar refractivity (Wildman–Crippen MR) is 80.2 cm³/mol. The zero-order valence-electron chi connectivity index (χ0n) is 12.4. The first kappa shape index (κ1) is 13.9. The first-order valence-corrected chi connectivity index (χ1v) is 7.80. The molecule has 0 bridgehead atoms. The second kappa shape index (κ2) is 6.59. The Morgan fingerprint density at radius 1 is 1.20 bits per heavy atom. The molecule has 20 heavy (non-hydrogen) atoms. The Labute approximate surface area is 121 Å². The van der Waals surface area contributed by atoms with Crippen LogP contribution in [0.4, 0.5) is 0 Å². The highest BCUT2D eigenvalue weighted by atomic mass is 16.5. The van der Waals surface area contributed by atoms with Crippen LogP contribution in [0.2, 0.25) is 0 Å². The summed E-state index contributed by atoms with van der Waals surface area (Å²) in [7, 11) is 1.72. The number of benzene rings is 1. The maximum Gasteiger partial charge on any atom is 0.118 e. The molecule has 1 heterocycles. The van der Waals surface area contributed by atoms with Crippen LogP contribution in [-0.2, 0) is 11.2 Å². The summed E-state index contributed by atoms with van der Waals surface area (Å²) in [5.41, 5.74) is 1.40. The molecule has 3 rings (SSSR count). The van der Waals surface area contributed by atoms with E-state index in [4.69, 9.17) is 9.47 Å². The van der Waals surface area contributed by atoms with E-state index >= 15 is 0 Å². The standard InChI is InChI=1S/C17H25NO2/c1-19-17-6-2-14(3-7-17)8-10-18(16-4-5-16)12-15-9-11-20-13-15/h2-3,6-7,15-16H,4-5,8-13H2,1H3. The van der Waals surface area contributed by atoms with Crippen LogP contribution in [0.25, 0.3) is 0 Å². The van der Waals surface area contributed by atoms with Crippen molar-refractivity contribution in [2.75, 3.05) is 33.4 Å². The first-order valence-electron chi connectivity index (χ1n) is 7.80. The van der Waals surface area contributed by atoms with Crippen LogP contribution in [-0.4, -0.2) is 44.4 Å². The third-order valence-electron chi connectivity index (χ3n) is 4.43. The van der Waals surface area contributed by atoms with Gasteiger partial charge in [-0.15, -0.1) is 0 Å². The van der Waals surface area contributed by atoms with E-state index in [1.165, 1.54) is 37.9 Å². The van der Waals surface area contributed by atoms with E-state index in [0.29, 0.717) is 0 Å². The van der Waals surface area contributed by atoms with Crippen LogP contribution in [0.15, 0.2) is 24.3 Å². The van der Waals surface area contributed by atoms with Crippen molar-refractivity contribution in [3.05, 3.63) is 29.8 Å². The fourth-order valence-corrected chi connectivity index (χ4v) is 2.99. The molecule has 1 unspecified atom stereocenters. The molecule has 1 atom stereocenters. The normalized spacial score (nSPS) is 22.4. The first-order chi connectivity index (χ1) is 9.85. The topological polar surface area (TPSA) is 21.7 Å². The number of ether oxygens (including phenoxy) is 2. The van der Waals surface area contributed by atoms with Gasteiger partial charge in [-0.3, -0.25) is 4.90 Å². The number of hydrogen-bond donors (Lipinski definition) is 0. The smallest absolute Gasteiger partial charge is 0.118 e. The quantitative estimate of drug-likeness (QED) is 0.764. The highest BCUT2D eigenvalue weighted by Gasteiger charge is 2.31. The van der Waals surface area contributed by atoms with Crippen LogP contribution in [0.1, 0.15) is 24.8 Å². The largest absolute Gasteiger partial charge is 0.497 e. The summed E-state index contributed by atoms with van der Waals surface area (Å²) in [6.07, 6.45) is 5.15. The van der Waals surface area contributed by atoms with Crippen LogP contribution >= 0.6 is 0 Å². The highest BCUT2D eigenvalue weighted by molar-refractivity contribution is 5.27. The van der Waals surface area contributed by atoms with Gasteiger partial charge in [0.05, 0.1) is 13.7 Å². The summed E-state index contributed by atoms with van der Waals surface area (Å²) >= 11 is 0. The van der Waals surface area contributed by atoms with Crippen LogP contribution in [0.5, 0.6) is 5.75 Å². The lowest BCUT2D eigenvalue weighted by molar-refractivity contribution is 0.164. The van der Waals surface area contributed by atoms with Gasteiger partial charge < -0.3 is 9.47 Å². The van der Waals surface area contributed by atoms with E-state index in [-0.39, 0.29) is 0 Å². The lowest BCUT2D eigenvalue weighted by Gasteiger charge is -2.24. The summed E-state index contributed by atoms with van der Waals surface area (Å²) in [4.78, 5) is 2.68. The molecule has 0 N–H and O–H groups in total. The molecule has 0 spiro atoms. The Kier molecular flexibility index (Phi) is 4.58. The number of methoxy groups -OCH3 is 1. The Bertz CT molecular complexity index is 408. The van der Waals surface area contributed by atoms with Crippen molar-refractivity contribution in [2.45, 2.75) is 31.7 Å². The molecule has 1 saturated heterocycles. The van der Waals surface area contributed by atoms with Crippen LogP contribution in [0.3, 0.4) is 0 Å². The van der Waals surface area contributed by atoms with E-state index in [1.807, 2.05) is 0 Å². The number of rotatable bonds is 7. The minimum atomic E-state index is 0.756. The molecule has 0 aromatic heterocycles. The summed E-state index contributed by atoms with van der Waals surface area (Å²) in [5.74, 6) is 1.70. The molecule has 3 nitrogen and oxygen atoms in total. The summed E-state index contributed by atoms with van der Waals surface area (Å²) in [5, 5.41) is 0. The molecule has 3 heteroatoms. The Balaban J connectivity index is 1.50. The average Bonchev–Trinajstić information content (AvgIpc) is 3.21. The highest BCUT2D eigenvalue weighted by Crippen LogP contribution is 2.29. The second-order valence-electron chi connectivity index (χ2n) is 6.05. The monoisotopic (exact) mass is 275 g/mol. The number of nitrogens with zero attached hydrogens (tertiary/aromatic N) is 1. The molecule has 1 aromatic rings. The SMILES string of the molecule is COc1ccc(CCN(CC2CCOC2)C2CC2)cc1. The van der Waals surface area contributed by atoms with Crippen molar-refractivity contribution in [3.8, 4) is 5.75 Å². The van der Waals surface area contributed by atoms with Gasteiger partial charge in [-0.2, -0.15) is 0 Å². The molecular formula is C17H25NO2. The van der Waals surface area contributed by atoms with Gasteiger partial charge in [-0.1, -0.05) is 12.1 Å². The third-order valence-corrected chi connectivity index (χ3v) is 4.43. The van der Waals surface area contributed by atoms with E-state index in [1.54, 1.807) is 7.11 Å². The maximum atomic E-state index is 5.51. The molecule has 110 valence electrons. The number of hydrogen-bond acceptors (Lipinski definition) is 3. The zero-order valence-corrected chi connectivity index (χ0v) is 12.4. The van der Waals surface area contributed by atoms with E-state index in [0.717, 1.165) is 37.3 Å². The van der Waals surface area contributed by atoms with Crippen molar-refractivity contribution in [1.29, 1.82) is 0 Å². The van der Waals surface area contributed by atoms with Gasteiger partial charge >= 0.3 is 0 Å². The van der Waals surface area contributed by atoms with Gasteiger partial charge in [0.15, 0.2) is 0 Å². The Morgan fingerprint density at radius 3 is 2.60 bits per heavy atom. The molecule has 2 fully saturated rings. The van der Waals surface area contributed by atoms with Crippen molar-refractivity contribution < 1.29 is 9.47 Å². The van der Waals surface area contributed by atoms with Gasteiger partial charge in [0.25, 0.3) is 0 Å². The Morgan fingerprint density at radius 2 is 2.00 bits per heavy atom. The van der Waals surface area contributed by atoms with Crippen molar-refractivity contribution in [3.63, 3.8) is 0 Å². The lowest BCUT2D eigenvalue weighted by Crippen LogP contribution is -2.33. The summed E-state index contributed by atoms with van der Waals surface area (Å²) in [6.45, 7) is 4.32. The van der Waals surface area contributed by atoms with Crippen molar-refractivity contribution >= 4 is 0 Å². The zero-order chi connectivity index (χ0) is 13.8. The minimum Gasteiger partial charge on any atom is -0.497 e. The van der Waals surface area contributed by atoms with Crippen LogP contribution < -0.4 is 4.74 Å².